The van der Waals surface area contributed by atoms with E-state index in [4.69, 9.17) is 9.47 Å². The van der Waals surface area contributed by atoms with E-state index >= 15 is 0 Å². The van der Waals surface area contributed by atoms with Gasteiger partial charge in [-0.15, -0.1) is 11.8 Å². The van der Waals surface area contributed by atoms with Gasteiger partial charge in [-0.3, -0.25) is 4.79 Å². The monoisotopic (exact) mass is 359 g/mol. The first kappa shape index (κ1) is 19.2. The van der Waals surface area contributed by atoms with Gasteiger partial charge in [0.2, 0.25) is 5.91 Å². The van der Waals surface area contributed by atoms with Gasteiger partial charge >= 0.3 is 0 Å². The maximum atomic E-state index is 12.3. The molecule has 2 rings (SSSR count). The summed E-state index contributed by atoms with van der Waals surface area (Å²) in [6.45, 7) is 2.64. The molecule has 0 fully saturated rings. The summed E-state index contributed by atoms with van der Waals surface area (Å²) in [6.07, 6.45) is 0. The van der Waals surface area contributed by atoms with E-state index in [0.29, 0.717) is 23.8 Å². The van der Waals surface area contributed by atoms with E-state index in [2.05, 4.69) is 19.1 Å². The van der Waals surface area contributed by atoms with E-state index in [1.807, 2.05) is 37.4 Å². The summed E-state index contributed by atoms with van der Waals surface area (Å²) in [5.41, 5.74) is 3.56. The first-order valence-corrected chi connectivity index (χ1v) is 9.27. The molecule has 0 N–H and O–H groups in total. The molecule has 0 atom stereocenters. The number of carbonyl (C=O) groups is 1. The average molecular weight is 359 g/mol. The lowest BCUT2D eigenvalue weighted by molar-refractivity contribution is -0.127. The lowest BCUT2D eigenvalue weighted by Crippen LogP contribution is -2.27. The Balaban J connectivity index is 1.87. The largest absolute Gasteiger partial charge is 0.493 e. The van der Waals surface area contributed by atoms with Gasteiger partial charge < -0.3 is 14.4 Å². The van der Waals surface area contributed by atoms with Crippen molar-refractivity contribution in [1.82, 2.24) is 4.90 Å². The molecule has 0 saturated heterocycles. The lowest BCUT2D eigenvalue weighted by Gasteiger charge is -2.18. The van der Waals surface area contributed by atoms with Crippen molar-refractivity contribution in [3.05, 3.63) is 59.2 Å². The Bertz CT molecular complexity index is 718. The van der Waals surface area contributed by atoms with Gasteiger partial charge in [0.05, 0.1) is 20.0 Å². The maximum absolute atomic E-state index is 12.3. The third-order valence-electron chi connectivity index (χ3n) is 4.04. The Hall–Kier alpha value is -2.14. The topological polar surface area (TPSA) is 38.8 Å². The molecule has 5 heteroatoms. The number of carbonyl (C=O) groups excluding carboxylic acids is 1. The summed E-state index contributed by atoms with van der Waals surface area (Å²) in [6, 6.07) is 14.0. The summed E-state index contributed by atoms with van der Waals surface area (Å²) in [5, 5.41) is 0. The van der Waals surface area contributed by atoms with Crippen LogP contribution >= 0.6 is 11.8 Å². The van der Waals surface area contributed by atoms with Crippen LogP contribution in [0.25, 0.3) is 0 Å². The summed E-state index contributed by atoms with van der Waals surface area (Å²) < 4.78 is 10.6. The molecule has 1 amide bonds. The van der Waals surface area contributed by atoms with Gasteiger partial charge in [-0.25, -0.2) is 0 Å². The minimum Gasteiger partial charge on any atom is -0.493 e. The zero-order valence-corrected chi connectivity index (χ0v) is 16.1. The van der Waals surface area contributed by atoms with E-state index in [1.54, 1.807) is 30.9 Å². The normalized spacial score (nSPS) is 10.4. The van der Waals surface area contributed by atoms with E-state index in [1.165, 1.54) is 11.1 Å². The first-order valence-electron chi connectivity index (χ1n) is 8.12. The number of amides is 1. The molecule has 0 saturated carbocycles. The maximum Gasteiger partial charge on any atom is 0.232 e. The molecule has 25 heavy (non-hydrogen) atoms. The fourth-order valence-electron chi connectivity index (χ4n) is 2.47. The smallest absolute Gasteiger partial charge is 0.232 e. The van der Waals surface area contributed by atoms with Crippen LogP contribution in [0.1, 0.15) is 16.7 Å². The molecule has 134 valence electrons. The van der Waals surface area contributed by atoms with Crippen molar-refractivity contribution in [1.29, 1.82) is 0 Å². The molecule has 0 aliphatic heterocycles. The first-order chi connectivity index (χ1) is 12.0. The summed E-state index contributed by atoms with van der Waals surface area (Å²) in [7, 11) is 5.05. The molecule has 0 aliphatic carbocycles. The fourth-order valence-corrected chi connectivity index (χ4v) is 3.51. The standard InChI is InChI=1S/C20H25NO3S/c1-15-7-5-6-8-17(15)13-25-14-20(22)21(2)12-16-9-10-18(23-3)19(11-16)24-4/h5-11H,12-14H2,1-4H3. The number of methoxy groups -OCH3 is 2. The van der Waals surface area contributed by atoms with Crippen LogP contribution in [0.5, 0.6) is 11.5 Å². The third kappa shape index (κ3) is 5.43. The van der Waals surface area contributed by atoms with Crippen LogP contribution in [-0.2, 0) is 17.1 Å². The highest BCUT2D eigenvalue weighted by molar-refractivity contribution is 7.99. The second-order valence-electron chi connectivity index (χ2n) is 5.86. The van der Waals surface area contributed by atoms with E-state index < -0.39 is 0 Å². The summed E-state index contributed by atoms with van der Waals surface area (Å²) >= 11 is 1.65. The quantitative estimate of drug-likeness (QED) is 0.716. The van der Waals surface area contributed by atoms with Crippen LogP contribution in [-0.4, -0.2) is 37.8 Å². The molecular weight excluding hydrogens is 334 g/mol. The number of rotatable bonds is 8. The highest BCUT2D eigenvalue weighted by Gasteiger charge is 2.12. The molecule has 0 aromatic heterocycles. The average Bonchev–Trinajstić information content (AvgIpc) is 2.63. The Morgan fingerprint density at radius 3 is 2.48 bits per heavy atom. The van der Waals surface area contributed by atoms with E-state index in [0.717, 1.165) is 11.3 Å². The fraction of sp³-hybridized carbons (Fsp3) is 0.350. The molecule has 0 bridgehead atoms. The Morgan fingerprint density at radius 1 is 1.08 bits per heavy atom. The Kier molecular flexibility index (Phi) is 7.19. The number of thioether (sulfide) groups is 1. The predicted octanol–water partition coefficient (Wildman–Crippen LogP) is 3.90. The zero-order valence-electron chi connectivity index (χ0n) is 15.2. The number of benzene rings is 2. The van der Waals surface area contributed by atoms with Crippen molar-refractivity contribution in [2.75, 3.05) is 27.0 Å². The van der Waals surface area contributed by atoms with Gasteiger partial charge in [-0.1, -0.05) is 30.3 Å². The van der Waals surface area contributed by atoms with Crippen LogP contribution < -0.4 is 9.47 Å². The van der Waals surface area contributed by atoms with Gasteiger partial charge in [0, 0.05) is 19.3 Å². The van der Waals surface area contributed by atoms with Gasteiger partial charge in [0.25, 0.3) is 0 Å². The molecule has 2 aromatic carbocycles. The van der Waals surface area contributed by atoms with Gasteiger partial charge in [0.1, 0.15) is 0 Å². The van der Waals surface area contributed by atoms with Gasteiger partial charge in [-0.05, 0) is 35.7 Å². The number of hydrogen-bond donors (Lipinski definition) is 0. The molecule has 0 unspecified atom stereocenters. The highest BCUT2D eigenvalue weighted by atomic mass is 32.2. The summed E-state index contributed by atoms with van der Waals surface area (Å²) in [4.78, 5) is 14.1. The van der Waals surface area contributed by atoms with Crippen LogP contribution in [0.15, 0.2) is 42.5 Å². The van der Waals surface area contributed by atoms with Crippen molar-refractivity contribution in [2.24, 2.45) is 0 Å². The molecule has 0 radical (unpaired) electrons. The lowest BCUT2D eigenvalue weighted by atomic mass is 10.1. The minimum absolute atomic E-state index is 0.119. The van der Waals surface area contributed by atoms with Crippen LogP contribution in [0.4, 0.5) is 0 Å². The van der Waals surface area contributed by atoms with Crippen molar-refractivity contribution in [3.63, 3.8) is 0 Å². The predicted molar refractivity (Wildman–Crippen MR) is 103 cm³/mol. The van der Waals surface area contributed by atoms with Crippen LogP contribution in [0, 0.1) is 6.92 Å². The van der Waals surface area contributed by atoms with Crippen LogP contribution in [0.2, 0.25) is 0 Å². The third-order valence-corrected chi connectivity index (χ3v) is 5.00. The van der Waals surface area contributed by atoms with Crippen LogP contribution in [0.3, 0.4) is 0 Å². The molecule has 4 nitrogen and oxygen atoms in total. The molecule has 2 aromatic rings. The van der Waals surface area contributed by atoms with E-state index in [9.17, 15) is 4.79 Å². The SMILES string of the molecule is COc1ccc(CN(C)C(=O)CSCc2ccccc2C)cc1OC. The number of nitrogens with zero attached hydrogens (tertiary/aromatic N) is 1. The Morgan fingerprint density at radius 2 is 1.80 bits per heavy atom. The van der Waals surface area contributed by atoms with Crippen molar-refractivity contribution in [2.45, 2.75) is 19.2 Å². The number of ether oxygens (including phenoxy) is 2. The minimum atomic E-state index is 0.119. The highest BCUT2D eigenvalue weighted by Crippen LogP contribution is 2.28. The van der Waals surface area contributed by atoms with Gasteiger partial charge in [-0.2, -0.15) is 0 Å². The van der Waals surface area contributed by atoms with E-state index in [-0.39, 0.29) is 5.91 Å². The molecule has 0 heterocycles. The molecule has 0 aliphatic rings. The number of aryl methyl sites for hydroxylation is 1. The summed E-state index contributed by atoms with van der Waals surface area (Å²) in [5.74, 6) is 2.80. The second kappa shape index (κ2) is 9.37. The Labute approximate surface area is 154 Å². The van der Waals surface area contributed by atoms with Crippen molar-refractivity contribution < 1.29 is 14.3 Å². The van der Waals surface area contributed by atoms with Crippen molar-refractivity contribution >= 4 is 17.7 Å². The van der Waals surface area contributed by atoms with Gasteiger partial charge in [0.15, 0.2) is 11.5 Å². The molecule has 0 spiro atoms. The van der Waals surface area contributed by atoms with Crippen molar-refractivity contribution in [3.8, 4) is 11.5 Å². The molecular formula is C20H25NO3S. The number of hydrogen-bond acceptors (Lipinski definition) is 4. The zero-order chi connectivity index (χ0) is 18.2. The second-order valence-corrected chi connectivity index (χ2v) is 6.84.